The number of carbonyl (C=O) groups is 1. The second-order valence-corrected chi connectivity index (χ2v) is 4.69. The van der Waals surface area contributed by atoms with Gasteiger partial charge in [-0.2, -0.15) is 4.98 Å². The smallest absolute Gasteiger partial charge is 0.241 e. The van der Waals surface area contributed by atoms with Gasteiger partial charge in [-0.1, -0.05) is 22.9 Å². The van der Waals surface area contributed by atoms with Crippen LogP contribution in [0.4, 0.5) is 5.69 Å². The molecule has 20 heavy (non-hydrogen) atoms. The van der Waals surface area contributed by atoms with E-state index in [1.807, 2.05) is 31.2 Å². The summed E-state index contributed by atoms with van der Waals surface area (Å²) >= 11 is 0. The van der Waals surface area contributed by atoms with Crippen molar-refractivity contribution in [3.05, 3.63) is 41.5 Å². The van der Waals surface area contributed by atoms with Gasteiger partial charge in [0.15, 0.2) is 5.82 Å². The fraction of sp³-hybridized carbons (Fsp3) is 0.357. The zero-order chi connectivity index (χ0) is 14.5. The maximum absolute atomic E-state index is 12.0. The molecular weight excluding hydrogens is 256 g/mol. The first-order valence-corrected chi connectivity index (χ1v) is 6.44. The topological polar surface area (TPSA) is 80.0 Å². The van der Waals surface area contributed by atoms with Gasteiger partial charge < -0.3 is 9.84 Å². The number of nitrogens with zero attached hydrogens (tertiary/aromatic N) is 2. The molecule has 1 aromatic carbocycles. The van der Waals surface area contributed by atoms with Crippen LogP contribution in [0.25, 0.3) is 0 Å². The van der Waals surface area contributed by atoms with Gasteiger partial charge in [0.2, 0.25) is 11.8 Å². The molecule has 1 heterocycles. The van der Waals surface area contributed by atoms with Gasteiger partial charge in [-0.15, -0.1) is 0 Å². The largest absolute Gasteiger partial charge is 0.338 e. The molecule has 1 aromatic heterocycles. The molecule has 0 radical (unpaired) electrons. The molecule has 1 atom stereocenters. The fourth-order valence-electron chi connectivity index (χ4n) is 1.63. The van der Waals surface area contributed by atoms with Crippen LogP contribution in [0.2, 0.25) is 0 Å². The highest BCUT2D eigenvalue weighted by molar-refractivity contribution is 5.94. The lowest BCUT2D eigenvalue weighted by molar-refractivity contribution is -0.117. The Bertz CT molecular complexity index is 577. The molecule has 106 valence electrons. The van der Waals surface area contributed by atoms with E-state index in [0.29, 0.717) is 18.3 Å². The first-order chi connectivity index (χ1) is 9.54. The molecule has 0 aliphatic rings. The van der Waals surface area contributed by atoms with Gasteiger partial charge in [-0.25, -0.2) is 0 Å². The minimum atomic E-state index is -0.358. The number of carbonyl (C=O) groups excluding carboxylic acids is 1. The lowest BCUT2D eigenvalue weighted by Gasteiger charge is -2.12. The van der Waals surface area contributed by atoms with Crippen LogP contribution in [0.5, 0.6) is 0 Å². The van der Waals surface area contributed by atoms with E-state index in [4.69, 9.17) is 4.52 Å². The fourth-order valence-corrected chi connectivity index (χ4v) is 1.63. The van der Waals surface area contributed by atoms with Crippen molar-refractivity contribution in [1.82, 2.24) is 15.5 Å². The molecule has 2 aromatic rings. The van der Waals surface area contributed by atoms with Gasteiger partial charge in [0.05, 0.1) is 12.6 Å². The highest BCUT2D eigenvalue weighted by atomic mass is 16.5. The summed E-state index contributed by atoms with van der Waals surface area (Å²) in [5.74, 6) is 0.945. The van der Waals surface area contributed by atoms with Crippen LogP contribution in [0.1, 0.15) is 24.2 Å². The summed E-state index contributed by atoms with van der Waals surface area (Å²) in [5.41, 5.74) is 1.93. The Morgan fingerprint density at radius 2 is 2.00 bits per heavy atom. The Kier molecular flexibility index (Phi) is 4.47. The first kappa shape index (κ1) is 14.2. The van der Waals surface area contributed by atoms with E-state index in [1.165, 1.54) is 0 Å². The summed E-state index contributed by atoms with van der Waals surface area (Å²) in [6, 6.07) is 7.30. The van der Waals surface area contributed by atoms with E-state index < -0.39 is 0 Å². The highest BCUT2D eigenvalue weighted by Gasteiger charge is 2.13. The Morgan fingerprint density at radius 3 is 2.60 bits per heavy atom. The van der Waals surface area contributed by atoms with Crippen LogP contribution in [0.3, 0.4) is 0 Å². The van der Waals surface area contributed by atoms with E-state index in [-0.39, 0.29) is 11.9 Å². The van der Waals surface area contributed by atoms with Crippen molar-refractivity contribution < 1.29 is 9.32 Å². The number of rotatable bonds is 5. The average Bonchev–Trinajstić information content (AvgIpc) is 2.84. The first-order valence-electron chi connectivity index (χ1n) is 6.44. The van der Waals surface area contributed by atoms with E-state index in [0.717, 1.165) is 11.3 Å². The van der Waals surface area contributed by atoms with Gasteiger partial charge in [0, 0.05) is 5.69 Å². The van der Waals surface area contributed by atoms with Crippen LogP contribution >= 0.6 is 0 Å². The Balaban J connectivity index is 1.84. The van der Waals surface area contributed by atoms with Crippen molar-refractivity contribution in [3.8, 4) is 0 Å². The van der Waals surface area contributed by atoms with E-state index in [9.17, 15) is 4.79 Å². The van der Waals surface area contributed by atoms with Crippen molar-refractivity contribution in [3.63, 3.8) is 0 Å². The summed E-state index contributed by atoms with van der Waals surface area (Å²) in [5, 5.41) is 9.57. The average molecular weight is 274 g/mol. The summed E-state index contributed by atoms with van der Waals surface area (Å²) in [4.78, 5) is 16.0. The van der Waals surface area contributed by atoms with Crippen molar-refractivity contribution in [1.29, 1.82) is 0 Å². The maximum atomic E-state index is 12.0. The summed E-state index contributed by atoms with van der Waals surface area (Å²) < 4.78 is 4.97. The second-order valence-electron chi connectivity index (χ2n) is 4.69. The predicted molar refractivity (Wildman–Crippen MR) is 75.1 cm³/mol. The molecule has 6 heteroatoms. The van der Waals surface area contributed by atoms with Gasteiger partial charge in [0.1, 0.15) is 0 Å². The zero-order valence-electron chi connectivity index (χ0n) is 11.8. The van der Waals surface area contributed by atoms with E-state index >= 15 is 0 Å². The number of anilines is 1. The molecule has 0 saturated heterocycles. The van der Waals surface area contributed by atoms with Crippen LogP contribution in [0.15, 0.2) is 28.8 Å². The van der Waals surface area contributed by atoms with Gasteiger partial charge in [0.25, 0.3) is 0 Å². The quantitative estimate of drug-likeness (QED) is 0.869. The summed E-state index contributed by atoms with van der Waals surface area (Å²) in [7, 11) is 0. The minimum absolute atomic E-state index is 0.106. The minimum Gasteiger partial charge on any atom is -0.338 e. The molecule has 0 aliphatic carbocycles. The number of hydrogen-bond acceptors (Lipinski definition) is 5. The van der Waals surface area contributed by atoms with Gasteiger partial charge in [-0.3, -0.25) is 10.1 Å². The van der Waals surface area contributed by atoms with E-state index in [1.54, 1.807) is 13.8 Å². The van der Waals surface area contributed by atoms with Gasteiger partial charge in [-0.05, 0) is 32.9 Å². The molecule has 0 saturated carbocycles. The summed E-state index contributed by atoms with van der Waals surface area (Å²) in [6.45, 7) is 5.90. The molecule has 0 fully saturated rings. The SMILES string of the molecule is Cc1ccc(NC(=O)C(C)NCc2nc(C)no2)cc1. The number of benzene rings is 1. The molecule has 2 N–H and O–H groups in total. The normalized spacial score (nSPS) is 12.2. The molecule has 0 spiro atoms. The number of aryl methyl sites for hydroxylation is 2. The van der Waals surface area contributed by atoms with Crippen LogP contribution < -0.4 is 10.6 Å². The molecule has 0 aliphatic heterocycles. The lowest BCUT2D eigenvalue weighted by Crippen LogP contribution is -2.37. The second kappa shape index (κ2) is 6.29. The molecule has 2 rings (SSSR count). The lowest BCUT2D eigenvalue weighted by atomic mass is 10.2. The monoisotopic (exact) mass is 274 g/mol. The van der Waals surface area contributed by atoms with Crippen LogP contribution in [0, 0.1) is 13.8 Å². The Morgan fingerprint density at radius 1 is 1.30 bits per heavy atom. The van der Waals surface area contributed by atoms with E-state index in [2.05, 4.69) is 20.8 Å². The summed E-state index contributed by atoms with van der Waals surface area (Å²) in [6.07, 6.45) is 0. The molecule has 1 unspecified atom stereocenters. The molecule has 6 nitrogen and oxygen atoms in total. The third-order valence-electron chi connectivity index (χ3n) is 2.84. The van der Waals surface area contributed by atoms with Crippen molar-refractivity contribution in [2.75, 3.05) is 5.32 Å². The Labute approximate surface area is 117 Å². The maximum Gasteiger partial charge on any atom is 0.241 e. The van der Waals surface area contributed by atoms with Crippen LogP contribution in [-0.2, 0) is 11.3 Å². The number of amides is 1. The zero-order valence-corrected chi connectivity index (χ0v) is 11.8. The third-order valence-corrected chi connectivity index (χ3v) is 2.84. The van der Waals surface area contributed by atoms with Crippen molar-refractivity contribution in [2.24, 2.45) is 0 Å². The standard InChI is InChI=1S/C14H18N4O2/c1-9-4-6-12(7-5-9)17-14(19)10(2)15-8-13-16-11(3)18-20-13/h4-7,10,15H,8H2,1-3H3,(H,17,19). The Hall–Kier alpha value is -2.21. The number of hydrogen-bond donors (Lipinski definition) is 2. The van der Waals surface area contributed by atoms with Crippen molar-refractivity contribution >= 4 is 11.6 Å². The number of aromatic nitrogens is 2. The van der Waals surface area contributed by atoms with Crippen LogP contribution in [-0.4, -0.2) is 22.1 Å². The third kappa shape index (κ3) is 3.89. The number of nitrogens with one attached hydrogen (secondary N) is 2. The predicted octanol–water partition coefficient (Wildman–Crippen LogP) is 1.80. The van der Waals surface area contributed by atoms with Crippen molar-refractivity contribution in [2.45, 2.75) is 33.4 Å². The molecular formula is C14H18N4O2. The molecule has 0 bridgehead atoms. The van der Waals surface area contributed by atoms with Gasteiger partial charge >= 0.3 is 0 Å². The highest BCUT2D eigenvalue weighted by Crippen LogP contribution is 2.09. The molecule has 1 amide bonds.